The van der Waals surface area contributed by atoms with Gasteiger partial charge in [0.25, 0.3) is 0 Å². The Kier molecular flexibility index (Phi) is 7.96. The van der Waals surface area contributed by atoms with Crippen LogP contribution in [0.5, 0.6) is 0 Å². The maximum absolute atomic E-state index is 14.2. The van der Waals surface area contributed by atoms with E-state index in [9.17, 15) is 23.2 Å². The van der Waals surface area contributed by atoms with E-state index in [4.69, 9.17) is 18.9 Å². The van der Waals surface area contributed by atoms with Crippen LogP contribution < -0.4 is 0 Å². The second-order valence-electron chi connectivity index (χ2n) is 10.3. The van der Waals surface area contributed by atoms with Gasteiger partial charge in [0.05, 0.1) is 12.5 Å². The van der Waals surface area contributed by atoms with Gasteiger partial charge in [-0.15, -0.1) is 0 Å². The molecule has 1 aliphatic heterocycles. The van der Waals surface area contributed by atoms with Crippen LogP contribution in [0.15, 0.2) is 4.99 Å². The van der Waals surface area contributed by atoms with Crippen LogP contribution in [0, 0.1) is 17.3 Å². The Morgan fingerprint density at radius 1 is 1.06 bits per heavy atom. The summed E-state index contributed by atoms with van der Waals surface area (Å²) in [6.45, 7) is 8.38. The number of amides is 2. The Morgan fingerprint density at radius 3 is 2.00 bits per heavy atom. The third-order valence-corrected chi connectivity index (χ3v) is 4.96. The Bertz CT molecular complexity index is 757. The number of halogens is 2. The zero-order valence-corrected chi connectivity index (χ0v) is 20.3. The van der Waals surface area contributed by atoms with Crippen LogP contribution in [0.3, 0.4) is 0 Å². The van der Waals surface area contributed by atoms with Gasteiger partial charge in [-0.1, -0.05) is 0 Å². The molecule has 0 saturated heterocycles. The normalized spacial score (nSPS) is 24.2. The fourth-order valence-electron chi connectivity index (χ4n) is 3.25. The molecule has 1 aliphatic carbocycles. The highest BCUT2D eigenvalue weighted by Crippen LogP contribution is 2.44. The number of hydrogen-bond donors (Lipinski definition) is 0. The van der Waals surface area contributed by atoms with Crippen molar-refractivity contribution in [3.8, 4) is 0 Å². The van der Waals surface area contributed by atoms with Gasteiger partial charge in [-0.2, -0.15) is 4.90 Å². The van der Waals surface area contributed by atoms with E-state index in [0.717, 1.165) is 0 Å². The quantitative estimate of drug-likeness (QED) is 0.421. The lowest BCUT2D eigenvalue weighted by Gasteiger charge is -2.42. The first-order valence-electron chi connectivity index (χ1n) is 10.9. The van der Waals surface area contributed by atoms with Gasteiger partial charge in [-0.05, 0) is 54.9 Å². The molecular formula is C22H34F2N2O7. The summed E-state index contributed by atoms with van der Waals surface area (Å²) in [5, 5.41) is 0. The number of carbonyl (C=O) groups is 3. The molecule has 1 fully saturated rings. The molecule has 188 valence electrons. The molecule has 0 unspecified atom stereocenters. The lowest BCUT2D eigenvalue weighted by Crippen LogP contribution is -2.60. The van der Waals surface area contributed by atoms with Crippen molar-refractivity contribution in [3.63, 3.8) is 0 Å². The minimum absolute atomic E-state index is 0.0349. The van der Waals surface area contributed by atoms with E-state index >= 15 is 0 Å². The van der Waals surface area contributed by atoms with Gasteiger partial charge in [0.15, 0.2) is 12.1 Å². The summed E-state index contributed by atoms with van der Waals surface area (Å²) >= 11 is 0. The standard InChI is InChI=1S/C22H34F2N2O7/c1-8-30-16(27)14-9-13(14)15-25-17(22(10-23,11-24)12-31-15)26(18(28)32-20(2,3)4)19(29)33-21(5,6)7/h13-14,17H,8-12H2,1-7H3/t13-,14-,17-/m1/s1. The topological polar surface area (TPSA) is 104 Å². The smallest absolute Gasteiger partial charge is 0.421 e. The molecule has 2 rings (SSSR count). The van der Waals surface area contributed by atoms with Crippen molar-refractivity contribution in [2.24, 2.45) is 22.2 Å². The minimum Gasteiger partial charge on any atom is -0.480 e. The van der Waals surface area contributed by atoms with Gasteiger partial charge >= 0.3 is 18.2 Å². The zero-order chi connectivity index (χ0) is 25.2. The van der Waals surface area contributed by atoms with Crippen LogP contribution in [0.4, 0.5) is 18.4 Å². The molecule has 9 nitrogen and oxygen atoms in total. The predicted molar refractivity (Wildman–Crippen MR) is 114 cm³/mol. The highest BCUT2D eigenvalue weighted by atomic mass is 19.1. The largest absolute Gasteiger partial charge is 0.480 e. The summed E-state index contributed by atoms with van der Waals surface area (Å²) in [5.74, 6) is -1.38. The van der Waals surface area contributed by atoms with Crippen LogP contribution in [0.2, 0.25) is 0 Å². The van der Waals surface area contributed by atoms with E-state index in [2.05, 4.69) is 4.99 Å². The first-order valence-corrected chi connectivity index (χ1v) is 10.9. The van der Waals surface area contributed by atoms with Crippen LogP contribution in [-0.4, -0.2) is 72.9 Å². The molecule has 0 aromatic rings. The number of esters is 1. The summed E-state index contributed by atoms with van der Waals surface area (Å²) in [6, 6.07) is 0. The van der Waals surface area contributed by atoms with Crippen molar-refractivity contribution in [1.82, 2.24) is 4.90 Å². The number of alkyl halides is 2. The molecule has 0 radical (unpaired) electrons. The van der Waals surface area contributed by atoms with Crippen molar-refractivity contribution < 1.29 is 42.1 Å². The van der Waals surface area contributed by atoms with E-state index < -0.39 is 72.7 Å². The van der Waals surface area contributed by atoms with Crippen LogP contribution >= 0.6 is 0 Å². The summed E-state index contributed by atoms with van der Waals surface area (Å²) in [6.07, 6.45) is -3.57. The average molecular weight is 477 g/mol. The minimum atomic E-state index is -1.95. The molecule has 0 N–H and O–H groups in total. The van der Waals surface area contributed by atoms with E-state index in [1.807, 2.05) is 0 Å². The van der Waals surface area contributed by atoms with Gasteiger partial charge in [0, 0.05) is 5.92 Å². The number of imide groups is 1. The fourth-order valence-corrected chi connectivity index (χ4v) is 3.25. The summed E-state index contributed by atoms with van der Waals surface area (Å²) < 4.78 is 49.6. The number of carbonyl (C=O) groups excluding carboxylic acids is 3. The number of rotatable bonds is 6. The van der Waals surface area contributed by atoms with E-state index in [-0.39, 0.29) is 12.5 Å². The Morgan fingerprint density at radius 2 is 1.58 bits per heavy atom. The van der Waals surface area contributed by atoms with Gasteiger partial charge in [-0.3, -0.25) is 13.6 Å². The van der Waals surface area contributed by atoms with E-state index in [1.165, 1.54) is 0 Å². The molecule has 0 spiro atoms. The molecule has 1 heterocycles. The molecule has 2 amide bonds. The van der Waals surface area contributed by atoms with Gasteiger partial charge in [-0.25, -0.2) is 14.6 Å². The van der Waals surface area contributed by atoms with Crippen molar-refractivity contribution in [2.45, 2.75) is 72.3 Å². The number of nitrogens with zero attached hydrogens (tertiary/aromatic N) is 2. The lowest BCUT2D eigenvalue weighted by molar-refractivity contribution is -0.144. The Hall–Kier alpha value is -2.46. The first-order chi connectivity index (χ1) is 15.2. The highest BCUT2D eigenvalue weighted by Gasteiger charge is 2.56. The molecular weight excluding hydrogens is 442 g/mol. The number of ether oxygens (including phenoxy) is 4. The lowest BCUT2D eigenvalue weighted by atomic mass is 9.86. The van der Waals surface area contributed by atoms with Gasteiger partial charge in [0.1, 0.15) is 36.6 Å². The molecule has 33 heavy (non-hydrogen) atoms. The summed E-state index contributed by atoms with van der Waals surface area (Å²) in [5.41, 5.74) is -3.96. The van der Waals surface area contributed by atoms with Crippen LogP contribution in [0.1, 0.15) is 54.9 Å². The predicted octanol–water partition coefficient (Wildman–Crippen LogP) is 4.04. The molecule has 1 saturated carbocycles. The number of hydrogen-bond acceptors (Lipinski definition) is 8. The van der Waals surface area contributed by atoms with Crippen molar-refractivity contribution in [2.75, 3.05) is 26.6 Å². The van der Waals surface area contributed by atoms with Crippen LogP contribution in [-0.2, 0) is 23.7 Å². The maximum Gasteiger partial charge on any atom is 0.421 e. The third-order valence-electron chi connectivity index (χ3n) is 4.96. The average Bonchev–Trinajstić information content (AvgIpc) is 3.46. The molecule has 0 aromatic carbocycles. The van der Waals surface area contributed by atoms with Crippen molar-refractivity contribution in [1.29, 1.82) is 0 Å². The Labute approximate surface area is 192 Å². The maximum atomic E-state index is 14.2. The molecule has 0 aromatic heterocycles. The van der Waals surface area contributed by atoms with E-state index in [0.29, 0.717) is 11.3 Å². The SMILES string of the molecule is CCOC(=O)[C@@H]1C[C@H]1C1=N[C@H](N(C(=O)OC(C)(C)C)C(=O)OC(C)(C)C)C(CF)(CF)CO1. The van der Waals surface area contributed by atoms with Crippen LogP contribution in [0.25, 0.3) is 0 Å². The second-order valence-corrected chi connectivity index (χ2v) is 10.3. The highest BCUT2D eigenvalue weighted by molar-refractivity contribution is 5.92. The molecule has 11 heteroatoms. The van der Waals surface area contributed by atoms with Crippen molar-refractivity contribution >= 4 is 24.1 Å². The Balaban J connectivity index is 2.48. The fraction of sp³-hybridized carbons (Fsp3) is 0.818. The van der Waals surface area contributed by atoms with Crippen molar-refractivity contribution in [3.05, 3.63) is 0 Å². The monoisotopic (exact) mass is 476 g/mol. The summed E-state index contributed by atoms with van der Waals surface area (Å²) in [7, 11) is 0. The first kappa shape index (κ1) is 26.8. The third kappa shape index (κ3) is 6.54. The summed E-state index contributed by atoms with van der Waals surface area (Å²) in [4.78, 5) is 42.9. The van der Waals surface area contributed by atoms with Gasteiger partial charge < -0.3 is 18.9 Å². The van der Waals surface area contributed by atoms with Gasteiger partial charge in [0.2, 0.25) is 0 Å². The number of aliphatic imine (C=N–C) groups is 1. The zero-order valence-electron chi connectivity index (χ0n) is 20.3. The molecule has 3 atom stereocenters. The van der Waals surface area contributed by atoms with E-state index in [1.54, 1.807) is 48.5 Å². The second kappa shape index (κ2) is 9.80. The molecule has 0 bridgehead atoms. The molecule has 2 aliphatic rings.